The van der Waals surface area contributed by atoms with E-state index in [1.165, 1.54) is 0 Å². The molecule has 0 aliphatic carbocycles. The predicted octanol–water partition coefficient (Wildman–Crippen LogP) is 0.147. The van der Waals surface area contributed by atoms with Gasteiger partial charge in [0.1, 0.15) is 11.0 Å². The number of hydrazine groups is 1. The van der Waals surface area contributed by atoms with Crippen LogP contribution in [0.4, 0.5) is 0 Å². The Labute approximate surface area is 136 Å². The minimum atomic E-state index is -0.847. The van der Waals surface area contributed by atoms with Gasteiger partial charge in [-0.1, -0.05) is 11.6 Å². The lowest BCUT2D eigenvalue weighted by Crippen LogP contribution is -2.48. The van der Waals surface area contributed by atoms with Gasteiger partial charge in [0.15, 0.2) is 0 Å². The number of allylic oxidation sites excluding steroid dienone is 1. The normalized spacial score (nSPS) is 22.2. The largest absolute Gasteiger partial charge is 0.394 e. The van der Waals surface area contributed by atoms with Crippen LogP contribution in [0.5, 0.6) is 0 Å². The van der Waals surface area contributed by atoms with Gasteiger partial charge in [0, 0.05) is 12.6 Å². The maximum atomic E-state index is 9.84. The molecule has 1 saturated heterocycles. The van der Waals surface area contributed by atoms with Crippen LogP contribution >= 0.6 is 11.6 Å². The first-order valence-electron chi connectivity index (χ1n) is 7.46. The summed E-state index contributed by atoms with van der Waals surface area (Å²) in [5.41, 5.74) is 9.80. The van der Waals surface area contributed by atoms with Gasteiger partial charge in [-0.15, -0.1) is 0 Å². The van der Waals surface area contributed by atoms with Crippen LogP contribution in [0.2, 0.25) is 0 Å². The number of nitrogens with one attached hydrogen (secondary N) is 4. The van der Waals surface area contributed by atoms with E-state index in [1.807, 2.05) is 5.01 Å². The Morgan fingerprint density at radius 2 is 2.18 bits per heavy atom. The van der Waals surface area contributed by atoms with Crippen molar-refractivity contribution in [3.63, 3.8) is 0 Å². The first-order chi connectivity index (χ1) is 10.3. The highest BCUT2D eigenvalue weighted by Gasteiger charge is 2.32. The van der Waals surface area contributed by atoms with Crippen molar-refractivity contribution >= 4 is 16.8 Å². The van der Waals surface area contributed by atoms with E-state index in [0.29, 0.717) is 23.8 Å². The molecule has 7 nitrogen and oxygen atoms in total. The molecule has 0 amide bonds. The van der Waals surface area contributed by atoms with Gasteiger partial charge < -0.3 is 21.5 Å². The van der Waals surface area contributed by atoms with Crippen molar-refractivity contribution in [1.82, 2.24) is 21.1 Å². The minimum Gasteiger partial charge on any atom is -0.394 e. The number of nitrogens with zero attached hydrogens (tertiary/aromatic N) is 1. The highest BCUT2D eigenvalue weighted by atomic mass is 35.5. The van der Waals surface area contributed by atoms with Gasteiger partial charge in [0.25, 0.3) is 0 Å². The van der Waals surface area contributed by atoms with Crippen LogP contribution in [0.25, 0.3) is 0 Å². The molecule has 1 fully saturated rings. The third-order valence-corrected chi connectivity index (χ3v) is 3.78. The van der Waals surface area contributed by atoms with Gasteiger partial charge in [-0.25, -0.2) is 0 Å². The Hall–Kier alpha value is -1.44. The summed E-state index contributed by atoms with van der Waals surface area (Å²) >= 11 is 5.73. The molecule has 0 radical (unpaired) electrons. The summed E-state index contributed by atoms with van der Waals surface area (Å²) in [6.07, 6.45) is 3.50. The fourth-order valence-electron chi connectivity index (χ4n) is 2.56. The van der Waals surface area contributed by atoms with Gasteiger partial charge in [-0.3, -0.25) is 15.8 Å². The van der Waals surface area contributed by atoms with Gasteiger partial charge >= 0.3 is 0 Å². The van der Waals surface area contributed by atoms with E-state index >= 15 is 0 Å². The molecule has 0 aromatic rings. The highest BCUT2D eigenvalue weighted by Crippen LogP contribution is 2.25. The molecule has 22 heavy (non-hydrogen) atoms. The van der Waals surface area contributed by atoms with Crippen LogP contribution in [0.3, 0.4) is 0 Å². The summed E-state index contributed by atoms with van der Waals surface area (Å²) in [4.78, 5) is 0. The molecule has 2 rings (SSSR count). The van der Waals surface area contributed by atoms with Crippen molar-refractivity contribution < 1.29 is 5.11 Å². The molecule has 0 aromatic carbocycles. The molecule has 0 unspecified atom stereocenters. The second-order valence-electron chi connectivity index (χ2n) is 6.30. The second-order valence-corrected chi connectivity index (χ2v) is 6.70. The molecule has 0 saturated carbocycles. The summed E-state index contributed by atoms with van der Waals surface area (Å²) in [7, 11) is 0. The summed E-state index contributed by atoms with van der Waals surface area (Å²) < 4.78 is 0. The number of hydrogen-bond acceptors (Lipinski definition) is 7. The molecular weight excluding hydrogens is 304 g/mol. The standard InChI is InChI=1S/C14H25ClN6O/c1-14(2,22)8-19-13-12(17)10(7-11(15)16)21(20-13)9-3-5-18-6-4-9/h7,9,16,18-20,22H,3-6,8,17H2,1-2H3. The molecule has 0 spiro atoms. The van der Waals surface area contributed by atoms with E-state index in [1.54, 1.807) is 19.9 Å². The van der Waals surface area contributed by atoms with Crippen LogP contribution in [-0.2, 0) is 0 Å². The van der Waals surface area contributed by atoms with Crippen molar-refractivity contribution in [1.29, 1.82) is 5.41 Å². The summed E-state index contributed by atoms with van der Waals surface area (Å²) in [5.74, 6) is 0.643. The Balaban J connectivity index is 2.17. The summed E-state index contributed by atoms with van der Waals surface area (Å²) in [5, 5.41) is 25.7. The van der Waals surface area contributed by atoms with E-state index in [4.69, 9.17) is 22.7 Å². The van der Waals surface area contributed by atoms with E-state index in [2.05, 4.69) is 16.1 Å². The second kappa shape index (κ2) is 6.76. The first kappa shape index (κ1) is 16.9. The van der Waals surface area contributed by atoms with Gasteiger partial charge in [0.2, 0.25) is 0 Å². The lowest BCUT2D eigenvalue weighted by atomic mass is 10.1. The fraction of sp³-hybridized carbons (Fsp3) is 0.643. The van der Waals surface area contributed by atoms with Crippen molar-refractivity contribution in [2.45, 2.75) is 38.3 Å². The fourth-order valence-corrected chi connectivity index (χ4v) is 2.66. The average Bonchev–Trinajstić information content (AvgIpc) is 2.74. The molecule has 7 N–H and O–H groups in total. The molecule has 0 bridgehead atoms. The maximum absolute atomic E-state index is 9.84. The number of aliphatic hydroxyl groups is 1. The number of hydrogen-bond donors (Lipinski definition) is 6. The van der Waals surface area contributed by atoms with Crippen molar-refractivity contribution in [3.05, 3.63) is 23.3 Å². The summed E-state index contributed by atoms with van der Waals surface area (Å²) in [6.45, 7) is 5.70. The Morgan fingerprint density at radius 3 is 2.73 bits per heavy atom. The molecule has 124 valence electrons. The van der Waals surface area contributed by atoms with Gasteiger partial charge in [-0.2, -0.15) is 0 Å². The van der Waals surface area contributed by atoms with Crippen molar-refractivity contribution in [2.75, 3.05) is 19.6 Å². The zero-order chi connectivity index (χ0) is 16.3. The van der Waals surface area contributed by atoms with E-state index < -0.39 is 5.60 Å². The average molecular weight is 329 g/mol. The van der Waals surface area contributed by atoms with Crippen LogP contribution in [0, 0.1) is 5.41 Å². The third-order valence-electron chi connectivity index (χ3n) is 3.67. The number of rotatable bonds is 5. The van der Waals surface area contributed by atoms with Crippen LogP contribution < -0.4 is 21.8 Å². The Bertz CT molecular complexity index is 490. The van der Waals surface area contributed by atoms with E-state index in [-0.39, 0.29) is 11.2 Å². The topological polar surface area (TPSA) is 109 Å². The smallest absolute Gasteiger partial charge is 0.144 e. The van der Waals surface area contributed by atoms with E-state index in [0.717, 1.165) is 25.9 Å². The Kier molecular flexibility index (Phi) is 5.20. The number of halogens is 1. The predicted molar refractivity (Wildman–Crippen MR) is 88.0 cm³/mol. The van der Waals surface area contributed by atoms with Gasteiger partial charge in [-0.05, 0) is 39.8 Å². The molecular formula is C14H25ClN6O. The minimum absolute atomic E-state index is 0.0672. The van der Waals surface area contributed by atoms with E-state index in [9.17, 15) is 5.11 Å². The monoisotopic (exact) mass is 328 g/mol. The lowest BCUT2D eigenvalue weighted by Gasteiger charge is -2.34. The number of piperidine rings is 1. The SMILES string of the molecule is CC(C)(O)CNC1=C(N)C(=CC(=N)Cl)N(C2CCNCC2)N1. The molecule has 2 aliphatic rings. The zero-order valence-corrected chi connectivity index (χ0v) is 13.8. The Morgan fingerprint density at radius 1 is 1.55 bits per heavy atom. The summed E-state index contributed by atoms with van der Waals surface area (Å²) in [6, 6.07) is 0.281. The quantitative estimate of drug-likeness (QED) is 0.401. The van der Waals surface area contributed by atoms with Crippen LogP contribution in [-0.4, -0.2) is 46.6 Å². The van der Waals surface area contributed by atoms with Crippen molar-refractivity contribution in [3.8, 4) is 0 Å². The molecule has 2 aliphatic heterocycles. The third kappa shape index (κ3) is 4.28. The zero-order valence-electron chi connectivity index (χ0n) is 13.0. The van der Waals surface area contributed by atoms with Gasteiger partial charge in [0.05, 0.1) is 23.0 Å². The molecule has 2 heterocycles. The first-order valence-corrected chi connectivity index (χ1v) is 7.84. The number of nitrogens with two attached hydrogens (primary N) is 1. The lowest BCUT2D eigenvalue weighted by molar-refractivity contribution is 0.0804. The highest BCUT2D eigenvalue weighted by molar-refractivity contribution is 6.67. The van der Waals surface area contributed by atoms with Crippen molar-refractivity contribution in [2.24, 2.45) is 5.73 Å². The van der Waals surface area contributed by atoms with Crippen LogP contribution in [0.1, 0.15) is 26.7 Å². The molecule has 0 atom stereocenters. The van der Waals surface area contributed by atoms with Crippen LogP contribution in [0.15, 0.2) is 23.3 Å². The molecule has 0 aromatic heterocycles. The molecule has 8 heteroatoms. The maximum Gasteiger partial charge on any atom is 0.144 e.